The molecule has 0 radical (unpaired) electrons. The lowest BCUT2D eigenvalue weighted by Gasteiger charge is -2.41. The maximum absolute atomic E-state index is 13.3. The molecule has 1 unspecified atom stereocenters. The quantitative estimate of drug-likeness (QED) is 0.791. The predicted molar refractivity (Wildman–Crippen MR) is 87.4 cm³/mol. The van der Waals surface area contributed by atoms with Gasteiger partial charge in [0.15, 0.2) is 0 Å². The van der Waals surface area contributed by atoms with Gasteiger partial charge in [0.25, 0.3) is 0 Å². The fourth-order valence-corrected chi connectivity index (χ4v) is 3.67. The lowest BCUT2D eigenvalue weighted by molar-refractivity contribution is 0.0398. The van der Waals surface area contributed by atoms with E-state index in [2.05, 4.69) is 31.2 Å². The van der Waals surface area contributed by atoms with Crippen molar-refractivity contribution in [2.45, 2.75) is 31.6 Å². The highest BCUT2D eigenvalue weighted by Crippen LogP contribution is 2.40. The first kappa shape index (κ1) is 15.2. The minimum absolute atomic E-state index is 0.0127. The SMILES string of the molecule is CC(Cc1ccccc1)(c1ccc(F)cc1)C1CCOCC1. The minimum Gasteiger partial charge on any atom is -0.381 e. The van der Waals surface area contributed by atoms with Gasteiger partial charge in [0.1, 0.15) is 5.82 Å². The number of halogens is 1. The zero-order valence-corrected chi connectivity index (χ0v) is 13.1. The van der Waals surface area contributed by atoms with Gasteiger partial charge in [-0.25, -0.2) is 4.39 Å². The fraction of sp³-hybridized carbons (Fsp3) is 0.400. The molecule has 0 amide bonds. The second-order valence-electron chi connectivity index (χ2n) is 6.47. The molecule has 1 aliphatic heterocycles. The van der Waals surface area contributed by atoms with E-state index in [9.17, 15) is 4.39 Å². The Hall–Kier alpha value is -1.67. The van der Waals surface area contributed by atoms with E-state index in [0.717, 1.165) is 32.5 Å². The van der Waals surface area contributed by atoms with Gasteiger partial charge in [-0.3, -0.25) is 0 Å². The van der Waals surface area contributed by atoms with E-state index >= 15 is 0 Å². The monoisotopic (exact) mass is 298 g/mol. The number of hydrogen-bond donors (Lipinski definition) is 0. The molecular weight excluding hydrogens is 275 g/mol. The molecule has 22 heavy (non-hydrogen) atoms. The third-order valence-electron chi connectivity index (χ3n) is 5.04. The number of hydrogen-bond acceptors (Lipinski definition) is 1. The van der Waals surface area contributed by atoms with Crippen LogP contribution in [0.25, 0.3) is 0 Å². The van der Waals surface area contributed by atoms with Gasteiger partial charge in [-0.15, -0.1) is 0 Å². The summed E-state index contributed by atoms with van der Waals surface area (Å²) in [5, 5.41) is 0. The van der Waals surface area contributed by atoms with Gasteiger partial charge in [-0.2, -0.15) is 0 Å². The van der Waals surface area contributed by atoms with E-state index in [1.165, 1.54) is 11.1 Å². The molecule has 0 bridgehead atoms. The highest BCUT2D eigenvalue weighted by atomic mass is 19.1. The molecule has 1 atom stereocenters. The summed E-state index contributed by atoms with van der Waals surface area (Å²) in [5.74, 6) is 0.393. The van der Waals surface area contributed by atoms with E-state index in [-0.39, 0.29) is 11.2 Å². The first-order valence-electron chi connectivity index (χ1n) is 8.06. The van der Waals surface area contributed by atoms with E-state index in [1.54, 1.807) is 12.1 Å². The maximum atomic E-state index is 13.3. The smallest absolute Gasteiger partial charge is 0.123 e. The van der Waals surface area contributed by atoms with Crippen LogP contribution in [0.1, 0.15) is 30.9 Å². The second kappa shape index (κ2) is 6.62. The molecule has 1 aliphatic rings. The highest BCUT2D eigenvalue weighted by molar-refractivity contribution is 5.30. The van der Waals surface area contributed by atoms with Gasteiger partial charge in [0.2, 0.25) is 0 Å². The number of rotatable bonds is 4. The van der Waals surface area contributed by atoms with Crippen molar-refractivity contribution in [3.8, 4) is 0 Å². The minimum atomic E-state index is -0.169. The highest BCUT2D eigenvalue weighted by Gasteiger charge is 2.36. The Kier molecular flexibility index (Phi) is 4.58. The van der Waals surface area contributed by atoms with E-state index in [1.807, 2.05) is 18.2 Å². The van der Waals surface area contributed by atoms with Crippen molar-refractivity contribution in [1.82, 2.24) is 0 Å². The first-order chi connectivity index (χ1) is 10.7. The van der Waals surface area contributed by atoms with Crippen LogP contribution in [-0.2, 0) is 16.6 Å². The Balaban J connectivity index is 1.95. The van der Waals surface area contributed by atoms with Crippen LogP contribution in [0.15, 0.2) is 54.6 Å². The van der Waals surface area contributed by atoms with Crippen molar-refractivity contribution in [2.75, 3.05) is 13.2 Å². The zero-order chi connectivity index (χ0) is 15.4. The summed E-state index contributed by atoms with van der Waals surface area (Å²) in [4.78, 5) is 0. The van der Waals surface area contributed by atoms with Crippen LogP contribution in [0.5, 0.6) is 0 Å². The summed E-state index contributed by atoms with van der Waals surface area (Å²) in [6.07, 6.45) is 3.12. The normalized spacial score (nSPS) is 18.8. The van der Waals surface area contributed by atoms with Crippen LogP contribution in [0.4, 0.5) is 4.39 Å². The largest absolute Gasteiger partial charge is 0.381 e. The fourth-order valence-electron chi connectivity index (χ4n) is 3.67. The van der Waals surface area contributed by atoms with Crippen LogP contribution < -0.4 is 0 Å². The molecule has 3 rings (SSSR count). The Bertz CT molecular complexity index is 587. The topological polar surface area (TPSA) is 9.23 Å². The summed E-state index contributed by atoms with van der Waals surface area (Å²) >= 11 is 0. The lowest BCUT2D eigenvalue weighted by Crippen LogP contribution is -2.38. The standard InChI is InChI=1S/C20H23FO/c1-20(18-11-13-22-14-12-18,15-16-5-3-2-4-6-16)17-7-9-19(21)10-8-17/h2-10,18H,11-15H2,1H3. The van der Waals surface area contributed by atoms with Gasteiger partial charge in [0, 0.05) is 13.2 Å². The molecule has 0 aromatic heterocycles. The average molecular weight is 298 g/mol. The molecule has 0 aliphatic carbocycles. The second-order valence-corrected chi connectivity index (χ2v) is 6.47. The van der Waals surface area contributed by atoms with E-state index in [4.69, 9.17) is 4.74 Å². The summed E-state index contributed by atoms with van der Waals surface area (Å²) in [7, 11) is 0. The van der Waals surface area contributed by atoms with Gasteiger partial charge >= 0.3 is 0 Å². The van der Waals surface area contributed by atoms with Crippen molar-refractivity contribution in [1.29, 1.82) is 0 Å². The van der Waals surface area contributed by atoms with Crippen molar-refractivity contribution >= 4 is 0 Å². The Morgan fingerprint density at radius 2 is 1.64 bits per heavy atom. The third-order valence-corrected chi connectivity index (χ3v) is 5.04. The Morgan fingerprint density at radius 1 is 1.00 bits per heavy atom. The molecule has 1 fully saturated rings. The van der Waals surface area contributed by atoms with Crippen LogP contribution in [0, 0.1) is 11.7 Å². The summed E-state index contributed by atoms with van der Waals surface area (Å²) < 4.78 is 18.9. The van der Waals surface area contributed by atoms with Crippen molar-refractivity contribution < 1.29 is 9.13 Å². The average Bonchev–Trinajstić information content (AvgIpc) is 2.57. The summed E-state index contributed by atoms with van der Waals surface area (Å²) in [6.45, 7) is 3.98. The molecule has 2 aromatic rings. The molecule has 0 saturated carbocycles. The van der Waals surface area contributed by atoms with Gasteiger partial charge in [-0.05, 0) is 53.9 Å². The molecule has 0 spiro atoms. The molecule has 1 heterocycles. The molecule has 0 N–H and O–H groups in total. The van der Waals surface area contributed by atoms with Gasteiger partial charge in [-0.1, -0.05) is 49.4 Å². The van der Waals surface area contributed by atoms with Crippen LogP contribution in [-0.4, -0.2) is 13.2 Å². The lowest BCUT2D eigenvalue weighted by atomic mass is 9.65. The van der Waals surface area contributed by atoms with Crippen molar-refractivity contribution in [3.05, 3.63) is 71.5 Å². The predicted octanol–water partition coefficient (Wildman–Crippen LogP) is 4.75. The molecule has 1 nitrogen and oxygen atoms in total. The Labute approximate surface area is 132 Å². The third kappa shape index (κ3) is 3.22. The molecular formula is C20H23FO. The maximum Gasteiger partial charge on any atom is 0.123 e. The van der Waals surface area contributed by atoms with E-state index in [0.29, 0.717) is 5.92 Å². The van der Waals surface area contributed by atoms with Crippen LogP contribution >= 0.6 is 0 Å². The van der Waals surface area contributed by atoms with Crippen molar-refractivity contribution in [3.63, 3.8) is 0 Å². The van der Waals surface area contributed by atoms with Gasteiger partial charge in [0.05, 0.1) is 0 Å². The van der Waals surface area contributed by atoms with E-state index < -0.39 is 0 Å². The summed E-state index contributed by atoms with van der Waals surface area (Å²) in [6, 6.07) is 17.7. The van der Waals surface area contributed by atoms with Crippen LogP contribution in [0.2, 0.25) is 0 Å². The molecule has 2 heteroatoms. The van der Waals surface area contributed by atoms with Gasteiger partial charge < -0.3 is 4.74 Å². The molecule has 116 valence electrons. The summed E-state index contributed by atoms with van der Waals surface area (Å²) in [5.41, 5.74) is 2.57. The Morgan fingerprint density at radius 3 is 2.27 bits per heavy atom. The molecule has 2 aromatic carbocycles. The number of benzene rings is 2. The first-order valence-corrected chi connectivity index (χ1v) is 8.06. The number of ether oxygens (including phenoxy) is 1. The molecule has 1 saturated heterocycles. The van der Waals surface area contributed by atoms with Crippen molar-refractivity contribution in [2.24, 2.45) is 5.92 Å². The zero-order valence-electron chi connectivity index (χ0n) is 13.1. The van der Waals surface area contributed by atoms with Crippen LogP contribution in [0.3, 0.4) is 0 Å².